The van der Waals surface area contributed by atoms with Gasteiger partial charge in [-0.15, -0.1) is 0 Å². The van der Waals surface area contributed by atoms with Crippen LogP contribution >= 0.6 is 23.2 Å². The number of fused-ring (bicyclic) bond motifs is 2. The number of aromatic hydroxyl groups is 2. The third-order valence-electron chi connectivity index (χ3n) is 12.4. The van der Waals surface area contributed by atoms with E-state index in [1.54, 1.807) is 58.9 Å². The third kappa shape index (κ3) is 10.7. The Morgan fingerprint density at radius 3 is 1.68 bits per heavy atom. The van der Waals surface area contributed by atoms with Crippen molar-refractivity contribution in [3.05, 3.63) is 151 Å². The highest BCUT2D eigenvalue weighted by atomic mass is 35.5. The molecular formula is C51H42Cl2N4O16S4. The molecule has 1 aliphatic heterocycles. The van der Waals surface area contributed by atoms with Crippen LogP contribution < -0.4 is 20.1 Å². The van der Waals surface area contributed by atoms with Crippen LogP contribution in [0, 0.1) is 41.5 Å². The number of phenols is 2. The van der Waals surface area contributed by atoms with E-state index in [-0.39, 0.29) is 76.3 Å². The molecule has 1 atom stereocenters. The summed E-state index contributed by atoms with van der Waals surface area (Å²) in [6, 6.07) is 19.5. The Labute approximate surface area is 451 Å². The van der Waals surface area contributed by atoms with E-state index in [0.717, 1.165) is 24.3 Å². The summed E-state index contributed by atoms with van der Waals surface area (Å²) in [7, 11) is -14.4. The highest BCUT2D eigenvalue weighted by Gasteiger charge is 2.30. The van der Waals surface area contributed by atoms with Crippen molar-refractivity contribution in [3.63, 3.8) is 0 Å². The van der Waals surface area contributed by atoms with Crippen LogP contribution in [-0.4, -0.2) is 70.9 Å². The van der Waals surface area contributed by atoms with E-state index in [4.69, 9.17) is 32.6 Å². The van der Waals surface area contributed by atoms with Crippen LogP contribution in [0.15, 0.2) is 120 Å². The molecule has 0 aromatic heterocycles. The van der Waals surface area contributed by atoms with Crippen LogP contribution in [0.25, 0.3) is 33.4 Å². The zero-order chi connectivity index (χ0) is 56.5. The summed E-state index contributed by atoms with van der Waals surface area (Å²) in [5, 5.41) is 43.4. The van der Waals surface area contributed by atoms with Crippen LogP contribution in [0.5, 0.6) is 11.5 Å². The first-order chi connectivity index (χ1) is 35.9. The number of nitrogens with one attached hydrogen (secondary N) is 3. The molecule has 1 aliphatic carbocycles. The van der Waals surface area contributed by atoms with Crippen LogP contribution in [-0.2, 0) is 41.2 Å². The highest BCUT2D eigenvalue weighted by Crippen LogP contribution is 2.45. The van der Waals surface area contributed by atoms with Crippen molar-refractivity contribution in [1.29, 1.82) is 0 Å². The molecule has 0 fully saturated rings. The number of aryl methyl sites for hydroxylation is 4. The van der Waals surface area contributed by atoms with Crippen LogP contribution in [0.1, 0.15) is 54.1 Å². The Kier molecular flexibility index (Phi) is 14.8. The lowest BCUT2D eigenvalue weighted by atomic mass is 9.93. The number of nitrogens with zero attached hydrogens (tertiary/aromatic N) is 1. The summed E-state index contributed by atoms with van der Waals surface area (Å²) in [5.74, 6) is -5.39. The molecular weight excluding hydrogens is 1120 g/mol. The van der Waals surface area contributed by atoms with Gasteiger partial charge in [0, 0.05) is 55.6 Å². The molecule has 1 heterocycles. The quantitative estimate of drug-likeness (QED) is 0.0277. The maximum Gasteiger partial charge on any atom is 0.339 e. The van der Waals surface area contributed by atoms with E-state index in [2.05, 4.69) is 14.8 Å². The molecule has 6 aromatic carbocycles. The van der Waals surface area contributed by atoms with E-state index in [1.165, 1.54) is 49.4 Å². The van der Waals surface area contributed by atoms with E-state index in [1.807, 2.05) is 0 Å². The lowest BCUT2D eigenvalue weighted by Crippen LogP contribution is -2.17. The number of hydrogen-bond acceptors (Lipinski definition) is 14. The second kappa shape index (κ2) is 20.4. The highest BCUT2D eigenvalue weighted by molar-refractivity contribution is 7.93. The summed E-state index contributed by atoms with van der Waals surface area (Å²) in [6.45, 7) is 9.69. The number of carbonyl (C=O) groups is 2. The van der Waals surface area contributed by atoms with Gasteiger partial charge in [0.1, 0.15) is 37.2 Å². The van der Waals surface area contributed by atoms with E-state index < -0.39 is 90.5 Å². The van der Waals surface area contributed by atoms with E-state index in [9.17, 15) is 68.6 Å². The molecule has 20 nitrogen and oxygen atoms in total. The van der Waals surface area contributed by atoms with Gasteiger partial charge in [-0.05, 0) is 123 Å². The molecule has 9 N–H and O–H groups in total. The van der Waals surface area contributed by atoms with Crippen molar-refractivity contribution in [1.82, 2.24) is 0 Å². The summed E-state index contributed by atoms with van der Waals surface area (Å²) < 4.78 is 127. The molecule has 6 aromatic rings. The molecule has 0 radical (unpaired) electrons. The van der Waals surface area contributed by atoms with Gasteiger partial charge in [0.2, 0.25) is 0 Å². The number of halogens is 2. The second-order valence-corrected chi connectivity index (χ2v) is 24.1. The fourth-order valence-electron chi connectivity index (χ4n) is 8.97. The number of aromatic carboxylic acids is 2. The molecule has 0 saturated carbocycles. The minimum atomic E-state index is -4.92. The molecule has 8 rings (SSSR count). The second-order valence-electron chi connectivity index (χ2n) is 17.6. The largest absolute Gasteiger partial charge is 0.506 e. The van der Waals surface area contributed by atoms with Crippen molar-refractivity contribution in [3.8, 4) is 33.9 Å². The van der Waals surface area contributed by atoms with Gasteiger partial charge < -0.3 is 34.7 Å². The van der Waals surface area contributed by atoms with Gasteiger partial charge in [-0.3, -0.25) is 14.0 Å². The Hall–Kier alpha value is -7.55. The number of carboxylic acids is 2. The SMILES string of the molecule is Cc1cc(C)c(NS(=O)(=O)c2cc(Cl)cc(C(=O)O)c2O)c(C)c1N=c1cc2oc3cc(Nc4c(C)cc(C)c(NS(=O)(=O)c5cc(Cl)cc(C(=O)O)c5O)c4C)ccc3c(-c3ccccc3S(=O)(=O)O)c-2cc1S(=O)O. The normalized spacial score (nSPS) is 12.7. The molecule has 0 saturated heterocycles. The van der Waals surface area contributed by atoms with Gasteiger partial charge in [0.15, 0.2) is 22.6 Å². The van der Waals surface area contributed by atoms with Crippen LogP contribution in [0.3, 0.4) is 0 Å². The first kappa shape index (κ1) is 55.7. The summed E-state index contributed by atoms with van der Waals surface area (Å²) in [6.07, 6.45) is 0. The maximum atomic E-state index is 13.8. The molecule has 400 valence electrons. The smallest absolute Gasteiger partial charge is 0.339 e. The Bertz CT molecular complexity index is 4320. The zero-order valence-electron chi connectivity index (χ0n) is 40.8. The summed E-state index contributed by atoms with van der Waals surface area (Å²) in [4.78, 5) is 25.9. The topological polar surface area (TPSA) is 337 Å². The lowest BCUT2D eigenvalue weighted by molar-refractivity contribution is 0.0681. The van der Waals surface area contributed by atoms with E-state index >= 15 is 0 Å². The Morgan fingerprint density at radius 1 is 0.623 bits per heavy atom. The molecule has 1 unspecified atom stereocenters. The fraction of sp³-hybridized carbons (Fsp3) is 0.118. The van der Waals surface area contributed by atoms with Crippen molar-refractivity contribution in [2.45, 2.75) is 61.1 Å². The average Bonchev–Trinajstić information content (AvgIpc) is 3.38. The van der Waals surface area contributed by atoms with Crippen LogP contribution in [0.4, 0.5) is 28.4 Å². The summed E-state index contributed by atoms with van der Waals surface area (Å²) >= 11 is 9.30. The standard InChI is InChI=1S/C51H42Cl2N4O16S4/c1-22-13-24(3)46(56-75(66,67)41-17-28(52)15-34(48(41)58)50(60)61)26(5)44(22)54-30-11-12-31-37(19-30)73-38-21-36(39(74(64)65)20-33(38)43(31)32-9-7-8-10-40(32)77(70,71)72)55-45-23(2)14-25(4)47(27(45)6)57-76(68,69)42-18-29(53)16-35(49(42)59)51(62)63/h7-21,54,56-59H,1-6H3,(H,60,61)(H,62,63)(H,64,65)(H,70,71,72). The number of rotatable bonds is 14. The first-order valence-corrected chi connectivity index (χ1v) is 28.5. The Morgan fingerprint density at radius 2 is 1.14 bits per heavy atom. The van der Waals surface area contributed by atoms with Gasteiger partial charge >= 0.3 is 11.9 Å². The lowest BCUT2D eigenvalue weighted by Gasteiger charge is -2.21. The van der Waals surface area contributed by atoms with Crippen LogP contribution in [0.2, 0.25) is 10.0 Å². The number of anilines is 4. The Balaban J connectivity index is 1.31. The van der Waals surface area contributed by atoms with Gasteiger partial charge in [-0.25, -0.2) is 35.6 Å². The first-order valence-electron chi connectivity index (χ1n) is 22.2. The van der Waals surface area contributed by atoms with Gasteiger partial charge in [-0.2, -0.15) is 8.42 Å². The molecule has 77 heavy (non-hydrogen) atoms. The average molecular weight is 1170 g/mol. The minimum Gasteiger partial charge on any atom is -0.506 e. The third-order valence-corrected chi connectivity index (χ3v) is 17.2. The van der Waals surface area contributed by atoms with Crippen molar-refractivity contribution in [2.75, 3.05) is 14.8 Å². The van der Waals surface area contributed by atoms with E-state index in [0.29, 0.717) is 39.2 Å². The molecule has 0 amide bonds. The van der Waals surface area contributed by atoms with Gasteiger partial charge in [0.25, 0.3) is 30.2 Å². The number of sulfonamides is 2. The predicted octanol–water partition coefficient (Wildman–Crippen LogP) is 10.6. The van der Waals surface area contributed by atoms with Gasteiger partial charge in [-0.1, -0.05) is 53.5 Å². The summed E-state index contributed by atoms with van der Waals surface area (Å²) in [5.41, 5.74) is 2.04. The molecule has 2 aliphatic rings. The van der Waals surface area contributed by atoms with Crippen molar-refractivity contribution in [2.24, 2.45) is 4.99 Å². The van der Waals surface area contributed by atoms with Gasteiger partial charge in [0.05, 0.1) is 27.3 Å². The van der Waals surface area contributed by atoms with Crippen molar-refractivity contribution >= 4 is 116 Å². The molecule has 0 bridgehead atoms. The zero-order valence-corrected chi connectivity index (χ0v) is 45.5. The fourth-order valence-corrected chi connectivity index (χ4v) is 13.4. The molecule has 26 heteroatoms. The molecule has 0 spiro atoms. The number of hydrogen-bond donors (Lipinski definition) is 9. The van der Waals surface area contributed by atoms with Crippen molar-refractivity contribution < 1.29 is 73.0 Å². The number of benzene rings is 7. The minimum absolute atomic E-state index is 0.0346. The number of carboxylic acid groups (broad SMARTS) is 2. The predicted molar refractivity (Wildman–Crippen MR) is 289 cm³/mol. The maximum absolute atomic E-state index is 13.8. The monoisotopic (exact) mass is 1160 g/mol.